The van der Waals surface area contributed by atoms with Crippen LogP contribution >= 0.6 is 0 Å². The summed E-state index contributed by atoms with van der Waals surface area (Å²) in [6, 6.07) is 4.77. The van der Waals surface area contributed by atoms with E-state index < -0.39 is 22.1 Å². The molecular weight excluding hydrogens is 448 g/mol. The summed E-state index contributed by atoms with van der Waals surface area (Å²) < 4.78 is 38.7. The molecule has 11 heteroatoms. The van der Waals surface area contributed by atoms with E-state index in [2.05, 4.69) is 4.98 Å². The summed E-state index contributed by atoms with van der Waals surface area (Å²) in [6.07, 6.45) is -0.660. The molecule has 1 saturated heterocycles. The zero-order valence-electron chi connectivity index (χ0n) is 19.9. The molecule has 3 rings (SSSR count). The average molecular weight is 481 g/mol. The van der Waals surface area contributed by atoms with Gasteiger partial charge in [0.05, 0.1) is 34.6 Å². The Morgan fingerprint density at radius 1 is 1.24 bits per heavy atom. The highest BCUT2D eigenvalue weighted by Crippen LogP contribution is 2.22. The van der Waals surface area contributed by atoms with E-state index in [-0.39, 0.29) is 29.4 Å². The fourth-order valence-corrected chi connectivity index (χ4v) is 4.88. The maximum atomic E-state index is 12.7. The summed E-state index contributed by atoms with van der Waals surface area (Å²) in [4.78, 5) is 31.4. The number of carbonyl (C=O) groups excluding carboxylic acids is 2. The Morgan fingerprint density at radius 2 is 1.88 bits per heavy atom. The third-order valence-electron chi connectivity index (χ3n) is 5.66. The first-order valence-electron chi connectivity index (χ1n) is 10.9. The number of ether oxygens (including phenoxy) is 2. The largest absolute Gasteiger partial charge is 0.453 e. The number of nitrogens with zero attached hydrogens (tertiary/aromatic N) is 4. The van der Waals surface area contributed by atoms with Gasteiger partial charge in [-0.3, -0.25) is 9.59 Å². The summed E-state index contributed by atoms with van der Waals surface area (Å²) in [5.41, 5.74) is 1.29. The van der Waals surface area contributed by atoms with Crippen LogP contribution in [0, 0.1) is 0 Å². The van der Waals surface area contributed by atoms with Gasteiger partial charge in [-0.15, -0.1) is 0 Å². The molecule has 10 nitrogen and oxygen atoms in total. The molecule has 0 aliphatic carbocycles. The highest BCUT2D eigenvalue weighted by Gasteiger charge is 2.30. The molecule has 2 heterocycles. The van der Waals surface area contributed by atoms with E-state index in [4.69, 9.17) is 9.47 Å². The van der Waals surface area contributed by atoms with Gasteiger partial charge in [0.25, 0.3) is 5.91 Å². The molecule has 33 heavy (non-hydrogen) atoms. The second-order valence-electron chi connectivity index (χ2n) is 8.66. The van der Waals surface area contributed by atoms with E-state index in [1.165, 1.54) is 26.2 Å². The number of sulfonamides is 1. The highest BCUT2D eigenvalue weighted by molar-refractivity contribution is 7.89. The SMILES string of the molecule is CC1CN(C(=O)C(C)OC(=O)CCc2nc3cc(S(=O)(=O)N(C)C)ccc3n2C)CC(C)O1. The van der Waals surface area contributed by atoms with Crippen molar-refractivity contribution in [3.05, 3.63) is 24.0 Å². The van der Waals surface area contributed by atoms with Crippen molar-refractivity contribution in [1.29, 1.82) is 0 Å². The first-order valence-corrected chi connectivity index (χ1v) is 12.4. The molecule has 1 aliphatic rings. The molecule has 3 unspecified atom stereocenters. The number of rotatable bonds is 7. The number of aromatic nitrogens is 2. The summed E-state index contributed by atoms with van der Waals surface area (Å²) in [5.74, 6) is -0.105. The van der Waals surface area contributed by atoms with Gasteiger partial charge in [-0.05, 0) is 39.0 Å². The highest BCUT2D eigenvalue weighted by atomic mass is 32.2. The van der Waals surface area contributed by atoms with Crippen LogP contribution in [0.1, 0.15) is 33.0 Å². The molecule has 182 valence electrons. The van der Waals surface area contributed by atoms with Crippen LogP contribution in [-0.4, -0.2) is 84.5 Å². The lowest BCUT2D eigenvalue weighted by atomic mass is 10.2. The smallest absolute Gasteiger partial charge is 0.307 e. The molecule has 1 aromatic heterocycles. The quantitative estimate of drug-likeness (QED) is 0.550. The van der Waals surface area contributed by atoms with Crippen LogP contribution in [0.15, 0.2) is 23.1 Å². The number of hydrogen-bond acceptors (Lipinski definition) is 7. The van der Waals surface area contributed by atoms with Crippen molar-refractivity contribution < 1.29 is 27.5 Å². The number of fused-ring (bicyclic) bond motifs is 1. The van der Waals surface area contributed by atoms with Crippen LogP contribution in [0.4, 0.5) is 0 Å². The number of aryl methyl sites for hydroxylation is 2. The lowest BCUT2D eigenvalue weighted by Gasteiger charge is -2.36. The predicted octanol–water partition coefficient (Wildman–Crippen LogP) is 1.32. The van der Waals surface area contributed by atoms with E-state index in [0.717, 1.165) is 9.82 Å². The molecule has 3 atom stereocenters. The fraction of sp³-hybridized carbons (Fsp3) is 0.591. The second-order valence-corrected chi connectivity index (χ2v) is 10.8. The Balaban J connectivity index is 1.63. The zero-order chi connectivity index (χ0) is 24.5. The van der Waals surface area contributed by atoms with E-state index in [0.29, 0.717) is 30.9 Å². The van der Waals surface area contributed by atoms with Gasteiger partial charge in [-0.1, -0.05) is 0 Å². The van der Waals surface area contributed by atoms with Gasteiger partial charge < -0.3 is 18.9 Å². The molecule has 1 aromatic carbocycles. The first-order chi connectivity index (χ1) is 15.4. The lowest BCUT2D eigenvalue weighted by Crippen LogP contribution is -2.51. The van der Waals surface area contributed by atoms with Gasteiger partial charge in [0.1, 0.15) is 5.82 Å². The van der Waals surface area contributed by atoms with E-state index >= 15 is 0 Å². The number of imidazole rings is 1. The minimum atomic E-state index is -3.57. The third kappa shape index (κ3) is 5.53. The maximum Gasteiger partial charge on any atom is 0.307 e. The number of benzene rings is 1. The molecule has 2 aromatic rings. The third-order valence-corrected chi connectivity index (χ3v) is 7.47. The van der Waals surface area contributed by atoms with E-state index in [9.17, 15) is 18.0 Å². The Bertz CT molecular complexity index is 1130. The van der Waals surface area contributed by atoms with Gasteiger partial charge >= 0.3 is 5.97 Å². The van der Waals surface area contributed by atoms with Gasteiger partial charge in [0.15, 0.2) is 6.10 Å². The summed E-state index contributed by atoms with van der Waals surface area (Å²) >= 11 is 0. The maximum absolute atomic E-state index is 12.7. The minimum Gasteiger partial charge on any atom is -0.453 e. The van der Waals surface area contributed by atoms with Crippen molar-refractivity contribution in [3.8, 4) is 0 Å². The van der Waals surface area contributed by atoms with Crippen molar-refractivity contribution in [2.45, 2.75) is 56.8 Å². The van der Waals surface area contributed by atoms with Gasteiger partial charge in [-0.2, -0.15) is 0 Å². The Labute approximate surface area is 194 Å². The van der Waals surface area contributed by atoms with Crippen molar-refractivity contribution in [3.63, 3.8) is 0 Å². The van der Waals surface area contributed by atoms with Crippen LogP contribution in [-0.2, 0) is 42.6 Å². The van der Waals surface area contributed by atoms with Crippen LogP contribution < -0.4 is 0 Å². The lowest BCUT2D eigenvalue weighted by molar-refractivity contribution is -0.164. The molecule has 1 fully saturated rings. The molecule has 0 N–H and O–H groups in total. The van der Waals surface area contributed by atoms with Gasteiger partial charge in [0, 0.05) is 40.7 Å². The van der Waals surface area contributed by atoms with Crippen molar-refractivity contribution in [2.24, 2.45) is 7.05 Å². The van der Waals surface area contributed by atoms with Crippen molar-refractivity contribution in [2.75, 3.05) is 27.2 Å². The molecule has 1 aliphatic heterocycles. The Kier molecular flexibility index (Phi) is 7.45. The molecule has 0 saturated carbocycles. The normalized spacial score (nSPS) is 20.3. The Hall–Kier alpha value is -2.50. The monoisotopic (exact) mass is 480 g/mol. The average Bonchev–Trinajstić information content (AvgIpc) is 3.05. The van der Waals surface area contributed by atoms with Crippen LogP contribution in [0.25, 0.3) is 11.0 Å². The van der Waals surface area contributed by atoms with Gasteiger partial charge in [0.2, 0.25) is 10.0 Å². The van der Waals surface area contributed by atoms with Gasteiger partial charge in [-0.25, -0.2) is 17.7 Å². The number of esters is 1. The Morgan fingerprint density at radius 3 is 2.48 bits per heavy atom. The van der Waals surface area contributed by atoms with E-state index in [1.54, 1.807) is 17.9 Å². The number of amides is 1. The first kappa shape index (κ1) is 25.1. The van der Waals surface area contributed by atoms with Crippen molar-refractivity contribution in [1.82, 2.24) is 18.8 Å². The minimum absolute atomic E-state index is 0.0492. The summed E-state index contributed by atoms with van der Waals surface area (Å²) in [5, 5.41) is 0. The number of carbonyl (C=O) groups is 2. The predicted molar refractivity (Wildman–Crippen MR) is 122 cm³/mol. The number of hydrogen-bond donors (Lipinski definition) is 0. The van der Waals surface area contributed by atoms with Crippen LogP contribution in [0.2, 0.25) is 0 Å². The summed E-state index contributed by atoms with van der Waals surface area (Å²) in [6.45, 7) is 6.32. The van der Waals surface area contributed by atoms with Crippen LogP contribution in [0.5, 0.6) is 0 Å². The number of morpholine rings is 1. The zero-order valence-corrected chi connectivity index (χ0v) is 20.8. The molecule has 1 amide bonds. The standard InChI is InChI=1S/C22H32N4O6S/c1-14-12-26(13-15(2)31-14)22(28)16(3)32-21(27)10-9-20-23-18-11-17(33(29,30)24(4)5)7-8-19(18)25(20)6/h7-8,11,14-16H,9-10,12-13H2,1-6H3. The molecule has 0 spiro atoms. The fourth-order valence-electron chi connectivity index (χ4n) is 3.96. The summed E-state index contributed by atoms with van der Waals surface area (Å²) in [7, 11) is 1.19. The van der Waals surface area contributed by atoms with Crippen LogP contribution in [0.3, 0.4) is 0 Å². The van der Waals surface area contributed by atoms with Crippen molar-refractivity contribution >= 4 is 32.9 Å². The topological polar surface area (TPSA) is 111 Å². The molecule has 0 radical (unpaired) electrons. The molecular formula is C22H32N4O6S. The van der Waals surface area contributed by atoms with E-state index in [1.807, 2.05) is 25.5 Å². The second kappa shape index (κ2) is 9.78. The molecule has 0 bridgehead atoms.